The van der Waals surface area contributed by atoms with E-state index in [0.717, 1.165) is 37.3 Å². The highest BCUT2D eigenvalue weighted by Crippen LogP contribution is 2.29. The number of imidazole rings is 1. The highest BCUT2D eigenvalue weighted by Gasteiger charge is 2.25. The molecule has 0 unspecified atom stereocenters. The van der Waals surface area contributed by atoms with E-state index in [9.17, 15) is 4.79 Å². The fourth-order valence-corrected chi connectivity index (χ4v) is 3.30. The lowest BCUT2D eigenvalue weighted by Crippen LogP contribution is -2.38. The first-order valence-electron chi connectivity index (χ1n) is 7.90. The Morgan fingerprint density at radius 2 is 2.09 bits per heavy atom. The Morgan fingerprint density at radius 1 is 1.36 bits per heavy atom. The number of ether oxygens (including phenoxy) is 1. The largest absolute Gasteiger partial charge is 0.465 e. The van der Waals surface area contributed by atoms with Crippen molar-refractivity contribution in [2.45, 2.75) is 38.6 Å². The topological polar surface area (TPSA) is 46.8 Å². The average Bonchev–Trinajstić information content (AvgIpc) is 2.98. The van der Waals surface area contributed by atoms with Gasteiger partial charge in [0.1, 0.15) is 5.82 Å². The van der Waals surface area contributed by atoms with Crippen molar-refractivity contribution in [3.05, 3.63) is 35.9 Å². The van der Waals surface area contributed by atoms with Gasteiger partial charge in [0.25, 0.3) is 0 Å². The third-order valence-electron chi connectivity index (χ3n) is 4.63. The summed E-state index contributed by atoms with van der Waals surface area (Å²) >= 11 is 0. The number of carbonyl (C=O) groups is 1. The summed E-state index contributed by atoms with van der Waals surface area (Å²) in [5.41, 5.74) is 1.40. The molecule has 5 heteroatoms. The number of methoxy groups -OCH3 is 1. The molecule has 3 rings (SSSR count). The first-order valence-corrected chi connectivity index (χ1v) is 7.90. The van der Waals surface area contributed by atoms with Gasteiger partial charge in [-0.25, -0.2) is 9.78 Å². The SMILES string of the molecule is COC(=O)c1cccn2c(C3CCN(C(C)C)CC3)ncc12. The predicted octanol–water partition coefficient (Wildman–Crippen LogP) is 2.71. The molecule has 0 aromatic carbocycles. The maximum Gasteiger partial charge on any atom is 0.340 e. The maximum atomic E-state index is 11.9. The smallest absolute Gasteiger partial charge is 0.340 e. The second-order valence-electron chi connectivity index (χ2n) is 6.19. The lowest BCUT2D eigenvalue weighted by molar-refractivity contribution is 0.0602. The Kier molecular flexibility index (Phi) is 4.16. The summed E-state index contributed by atoms with van der Waals surface area (Å²) in [5.74, 6) is 1.20. The van der Waals surface area contributed by atoms with Crippen molar-refractivity contribution in [2.24, 2.45) is 0 Å². The molecule has 0 amide bonds. The summed E-state index contributed by atoms with van der Waals surface area (Å²) in [6, 6.07) is 4.27. The van der Waals surface area contributed by atoms with Crippen LogP contribution in [0, 0.1) is 0 Å². The molecule has 0 atom stereocenters. The molecule has 5 nitrogen and oxygen atoms in total. The van der Waals surface area contributed by atoms with Crippen LogP contribution in [0.1, 0.15) is 48.8 Å². The fourth-order valence-electron chi connectivity index (χ4n) is 3.30. The molecular weight excluding hydrogens is 278 g/mol. The van der Waals surface area contributed by atoms with Crippen molar-refractivity contribution in [3.8, 4) is 0 Å². The molecule has 0 radical (unpaired) electrons. The molecule has 0 N–H and O–H groups in total. The van der Waals surface area contributed by atoms with Crippen molar-refractivity contribution >= 4 is 11.5 Å². The van der Waals surface area contributed by atoms with Gasteiger partial charge in [-0.2, -0.15) is 0 Å². The predicted molar refractivity (Wildman–Crippen MR) is 85.2 cm³/mol. The van der Waals surface area contributed by atoms with E-state index in [1.165, 1.54) is 7.11 Å². The van der Waals surface area contributed by atoms with Crippen molar-refractivity contribution in [1.29, 1.82) is 0 Å². The molecule has 2 aromatic heterocycles. The minimum Gasteiger partial charge on any atom is -0.465 e. The molecule has 0 saturated carbocycles. The van der Waals surface area contributed by atoms with Crippen LogP contribution in [0.2, 0.25) is 0 Å². The lowest BCUT2D eigenvalue weighted by atomic mass is 9.95. The number of fused-ring (bicyclic) bond motifs is 1. The molecule has 1 aliphatic rings. The number of hydrogen-bond acceptors (Lipinski definition) is 4. The van der Waals surface area contributed by atoms with E-state index in [1.54, 1.807) is 12.3 Å². The Balaban J connectivity index is 1.88. The van der Waals surface area contributed by atoms with Crippen LogP contribution in [-0.4, -0.2) is 46.5 Å². The number of esters is 1. The highest BCUT2D eigenvalue weighted by molar-refractivity contribution is 5.96. The molecular formula is C17H23N3O2. The molecule has 3 heterocycles. The number of likely N-dealkylation sites (tertiary alicyclic amines) is 1. The van der Waals surface area contributed by atoms with Crippen LogP contribution in [0.4, 0.5) is 0 Å². The summed E-state index contributed by atoms with van der Waals surface area (Å²) in [4.78, 5) is 19.0. The van der Waals surface area contributed by atoms with E-state index in [1.807, 2.05) is 16.7 Å². The standard InChI is InChI=1S/C17H23N3O2/c1-12(2)19-9-6-13(7-10-19)16-18-11-15-14(17(21)22-3)5-4-8-20(15)16/h4-5,8,11-13H,6-7,9-10H2,1-3H3. The molecule has 1 aliphatic heterocycles. The third kappa shape index (κ3) is 2.61. The van der Waals surface area contributed by atoms with E-state index in [4.69, 9.17) is 4.74 Å². The van der Waals surface area contributed by atoms with Gasteiger partial charge in [-0.15, -0.1) is 0 Å². The number of aromatic nitrogens is 2. The fraction of sp³-hybridized carbons (Fsp3) is 0.529. The van der Waals surface area contributed by atoms with Crippen molar-refractivity contribution in [2.75, 3.05) is 20.2 Å². The Hall–Kier alpha value is -1.88. The van der Waals surface area contributed by atoms with Crippen molar-refractivity contribution in [3.63, 3.8) is 0 Å². The van der Waals surface area contributed by atoms with E-state index >= 15 is 0 Å². The number of piperidine rings is 1. The number of pyridine rings is 1. The van der Waals surface area contributed by atoms with Crippen LogP contribution < -0.4 is 0 Å². The third-order valence-corrected chi connectivity index (χ3v) is 4.63. The van der Waals surface area contributed by atoms with Crippen LogP contribution in [0.25, 0.3) is 5.52 Å². The van der Waals surface area contributed by atoms with Crippen LogP contribution >= 0.6 is 0 Å². The minimum absolute atomic E-state index is 0.313. The zero-order valence-corrected chi connectivity index (χ0v) is 13.5. The van der Waals surface area contributed by atoms with Crippen LogP contribution in [0.15, 0.2) is 24.5 Å². The van der Waals surface area contributed by atoms with E-state index in [0.29, 0.717) is 17.5 Å². The van der Waals surface area contributed by atoms with Gasteiger partial charge in [0.2, 0.25) is 0 Å². The van der Waals surface area contributed by atoms with Crippen LogP contribution in [0.3, 0.4) is 0 Å². The van der Waals surface area contributed by atoms with Gasteiger partial charge >= 0.3 is 5.97 Å². The Labute approximate surface area is 130 Å². The second-order valence-corrected chi connectivity index (χ2v) is 6.19. The monoisotopic (exact) mass is 301 g/mol. The summed E-state index contributed by atoms with van der Waals surface area (Å²) in [6.45, 7) is 6.70. The molecule has 1 saturated heterocycles. The summed E-state index contributed by atoms with van der Waals surface area (Å²) in [5, 5.41) is 0. The van der Waals surface area contributed by atoms with Gasteiger partial charge in [0, 0.05) is 18.2 Å². The maximum absolute atomic E-state index is 11.9. The van der Waals surface area contributed by atoms with Gasteiger partial charge in [-0.05, 0) is 51.9 Å². The number of hydrogen-bond donors (Lipinski definition) is 0. The minimum atomic E-state index is -0.313. The normalized spacial score (nSPS) is 17.3. The first-order chi connectivity index (χ1) is 10.6. The zero-order chi connectivity index (χ0) is 15.7. The Bertz CT molecular complexity index is 670. The van der Waals surface area contributed by atoms with Gasteiger partial charge in [0.15, 0.2) is 0 Å². The van der Waals surface area contributed by atoms with Gasteiger partial charge < -0.3 is 14.0 Å². The van der Waals surface area contributed by atoms with Gasteiger partial charge in [-0.3, -0.25) is 0 Å². The molecule has 0 spiro atoms. The number of carbonyl (C=O) groups excluding carboxylic acids is 1. The van der Waals surface area contributed by atoms with Crippen molar-refractivity contribution < 1.29 is 9.53 Å². The summed E-state index contributed by atoms with van der Waals surface area (Å²) in [6.07, 6.45) is 5.99. The molecule has 0 bridgehead atoms. The Morgan fingerprint density at radius 3 is 2.73 bits per heavy atom. The highest BCUT2D eigenvalue weighted by atomic mass is 16.5. The second kappa shape index (κ2) is 6.08. The summed E-state index contributed by atoms with van der Waals surface area (Å²) < 4.78 is 6.90. The first kappa shape index (κ1) is 15.0. The van der Waals surface area contributed by atoms with Gasteiger partial charge in [-0.1, -0.05) is 0 Å². The van der Waals surface area contributed by atoms with Crippen LogP contribution in [-0.2, 0) is 4.74 Å². The van der Waals surface area contributed by atoms with E-state index in [2.05, 4.69) is 23.7 Å². The summed E-state index contributed by atoms with van der Waals surface area (Å²) in [7, 11) is 1.41. The zero-order valence-electron chi connectivity index (χ0n) is 13.5. The number of rotatable bonds is 3. The van der Waals surface area contributed by atoms with Crippen LogP contribution in [0.5, 0.6) is 0 Å². The van der Waals surface area contributed by atoms with E-state index in [-0.39, 0.29) is 5.97 Å². The lowest BCUT2D eigenvalue weighted by Gasteiger charge is -2.34. The van der Waals surface area contributed by atoms with E-state index < -0.39 is 0 Å². The van der Waals surface area contributed by atoms with Gasteiger partial charge in [0.05, 0.1) is 24.4 Å². The average molecular weight is 301 g/mol. The van der Waals surface area contributed by atoms with Crippen molar-refractivity contribution in [1.82, 2.24) is 14.3 Å². The molecule has 22 heavy (non-hydrogen) atoms. The molecule has 0 aliphatic carbocycles. The quantitative estimate of drug-likeness (QED) is 0.818. The number of nitrogens with zero attached hydrogens (tertiary/aromatic N) is 3. The molecule has 2 aromatic rings. The molecule has 1 fully saturated rings. The molecule has 118 valence electrons.